The van der Waals surface area contributed by atoms with Gasteiger partial charge in [0.15, 0.2) is 0 Å². The summed E-state index contributed by atoms with van der Waals surface area (Å²) < 4.78 is 5.89. The van der Waals surface area contributed by atoms with Gasteiger partial charge in [0.25, 0.3) is 0 Å². The van der Waals surface area contributed by atoms with Gasteiger partial charge in [0.1, 0.15) is 5.75 Å². The van der Waals surface area contributed by atoms with E-state index in [4.69, 9.17) is 4.74 Å². The lowest BCUT2D eigenvalue weighted by Crippen LogP contribution is -2.39. The summed E-state index contributed by atoms with van der Waals surface area (Å²) in [4.78, 5) is 2.43. The van der Waals surface area contributed by atoms with Gasteiger partial charge in [-0.25, -0.2) is 0 Å². The Hall–Kier alpha value is -1.06. The van der Waals surface area contributed by atoms with E-state index < -0.39 is 0 Å². The summed E-state index contributed by atoms with van der Waals surface area (Å²) in [5.74, 6) is 1.39. The summed E-state index contributed by atoms with van der Waals surface area (Å²) >= 11 is 0. The highest BCUT2D eigenvalue weighted by molar-refractivity contribution is 5.33. The maximum absolute atomic E-state index is 9.78. The van der Waals surface area contributed by atoms with Crippen molar-refractivity contribution in [1.82, 2.24) is 4.90 Å². The molecular weight excluding hydrogens is 250 g/mol. The molecule has 0 aromatic heterocycles. The Balaban J connectivity index is 2.02. The van der Waals surface area contributed by atoms with Gasteiger partial charge >= 0.3 is 0 Å². The topological polar surface area (TPSA) is 32.7 Å². The number of nitrogens with zero attached hydrogens (tertiary/aromatic N) is 1. The molecule has 2 unspecified atom stereocenters. The summed E-state index contributed by atoms with van der Waals surface area (Å²) in [5.41, 5.74) is 1.24. The number of aliphatic hydroxyl groups is 1. The second-order valence-electron chi connectivity index (χ2n) is 6.15. The normalized spacial score (nSPS) is 21.9. The summed E-state index contributed by atoms with van der Waals surface area (Å²) in [5, 5.41) is 9.78. The monoisotopic (exact) mass is 277 g/mol. The van der Waals surface area contributed by atoms with Crippen molar-refractivity contribution in [3.05, 3.63) is 29.8 Å². The molecule has 1 heterocycles. The molecule has 1 aromatic rings. The molecule has 1 aliphatic heterocycles. The van der Waals surface area contributed by atoms with Gasteiger partial charge in [-0.1, -0.05) is 18.2 Å². The van der Waals surface area contributed by atoms with Crippen molar-refractivity contribution in [1.29, 1.82) is 0 Å². The number of ether oxygens (including phenoxy) is 1. The Labute approximate surface area is 122 Å². The van der Waals surface area contributed by atoms with E-state index in [0.717, 1.165) is 31.8 Å². The molecule has 112 valence electrons. The van der Waals surface area contributed by atoms with Crippen molar-refractivity contribution >= 4 is 0 Å². The maximum Gasteiger partial charge on any atom is 0.124 e. The highest BCUT2D eigenvalue weighted by Gasteiger charge is 2.24. The molecule has 2 atom stereocenters. The van der Waals surface area contributed by atoms with Gasteiger partial charge in [-0.15, -0.1) is 0 Å². The van der Waals surface area contributed by atoms with Crippen LogP contribution in [0.15, 0.2) is 24.3 Å². The van der Waals surface area contributed by atoms with E-state index >= 15 is 0 Å². The molecule has 0 spiro atoms. The maximum atomic E-state index is 9.78. The minimum absolute atomic E-state index is 0.197. The summed E-state index contributed by atoms with van der Waals surface area (Å²) in [6, 6.07) is 8.28. The smallest absolute Gasteiger partial charge is 0.124 e. The molecule has 0 radical (unpaired) electrons. The van der Waals surface area contributed by atoms with Crippen molar-refractivity contribution in [2.24, 2.45) is 5.92 Å². The number of likely N-dealkylation sites (tertiary alicyclic amines) is 1. The molecule has 1 saturated heterocycles. The highest BCUT2D eigenvalue weighted by atomic mass is 16.5. The fraction of sp³-hybridized carbons (Fsp3) is 0.647. The average Bonchev–Trinajstić information content (AvgIpc) is 2.41. The van der Waals surface area contributed by atoms with Crippen molar-refractivity contribution in [2.45, 2.75) is 52.4 Å². The molecule has 0 saturated carbocycles. The van der Waals surface area contributed by atoms with Gasteiger partial charge in [0.05, 0.1) is 12.2 Å². The van der Waals surface area contributed by atoms with Crippen LogP contribution in [0.2, 0.25) is 0 Å². The van der Waals surface area contributed by atoms with Crippen molar-refractivity contribution in [2.75, 3.05) is 13.1 Å². The van der Waals surface area contributed by atoms with Crippen LogP contribution in [-0.2, 0) is 6.54 Å². The SMILES string of the molecule is CC(C)Oc1ccccc1CN1CCCC(C(C)O)C1. The van der Waals surface area contributed by atoms with Crippen LogP contribution in [-0.4, -0.2) is 35.3 Å². The minimum atomic E-state index is -0.208. The lowest BCUT2D eigenvalue weighted by molar-refractivity contribution is 0.0594. The van der Waals surface area contributed by atoms with Gasteiger partial charge in [-0.2, -0.15) is 0 Å². The van der Waals surface area contributed by atoms with E-state index in [9.17, 15) is 5.11 Å². The number of piperidine rings is 1. The fourth-order valence-corrected chi connectivity index (χ4v) is 2.87. The van der Waals surface area contributed by atoms with Crippen LogP contribution in [0.3, 0.4) is 0 Å². The Morgan fingerprint density at radius 2 is 2.05 bits per heavy atom. The van der Waals surface area contributed by atoms with Gasteiger partial charge in [0.2, 0.25) is 0 Å². The van der Waals surface area contributed by atoms with E-state index in [1.54, 1.807) is 0 Å². The number of para-hydroxylation sites is 1. The third kappa shape index (κ3) is 4.22. The van der Waals surface area contributed by atoms with Crippen LogP contribution < -0.4 is 4.74 Å². The molecule has 0 aliphatic carbocycles. The van der Waals surface area contributed by atoms with E-state index in [2.05, 4.69) is 30.9 Å². The molecule has 1 N–H and O–H groups in total. The summed E-state index contributed by atoms with van der Waals surface area (Å²) in [7, 11) is 0. The van der Waals surface area contributed by atoms with E-state index in [1.807, 2.05) is 19.1 Å². The van der Waals surface area contributed by atoms with E-state index in [1.165, 1.54) is 12.0 Å². The molecule has 1 aromatic carbocycles. The van der Waals surface area contributed by atoms with Crippen molar-refractivity contribution in [3.63, 3.8) is 0 Å². The number of benzene rings is 1. The van der Waals surface area contributed by atoms with Gasteiger partial charge < -0.3 is 9.84 Å². The quantitative estimate of drug-likeness (QED) is 0.898. The first-order valence-corrected chi connectivity index (χ1v) is 7.71. The Kier molecular flexibility index (Phi) is 5.44. The van der Waals surface area contributed by atoms with Crippen LogP contribution in [0.1, 0.15) is 39.2 Å². The molecule has 0 bridgehead atoms. The lowest BCUT2D eigenvalue weighted by Gasteiger charge is -2.34. The predicted molar refractivity (Wildman–Crippen MR) is 81.9 cm³/mol. The molecule has 0 amide bonds. The molecule has 1 aliphatic rings. The number of hydrogen-bond acceptors (Lipinski definition) is 3. The first kappa shape index (κ1) is 15.3. The fourth-order valence-electron chi connectivity index (χ4n) is 2.87. The Morgan fingerprint density at radius 3 is 2.75 bits per heavy atom. The van der Waals surface area contributed by atoms with Crippen molar-refractivity contribution in [3.8, 4) is 5.75 Å². The highest BCUT2D eigenvalue weighted by Crippen LogP contribution is 2.25. The second-order valence-corrected chi connectivity index (χ2v) is 6.15. The number of aliphatic hydroxyl groups excluding tert-OH is 1. The standard InChI is InChI=1S/C17H27NO2/c1-13(2)20-17-9-5-4-7-16(17)12-18-10-6-8-15(11-18)14(3)19/h4-5,7,9,13-15,19H,6,8,10-12H2,1-3H3. The predicted octanol–water partition coefficient (Wildman–Crippen LogP) is 3.07. The van der Waals surface area contributed by atoms with Crippen LogP contribution >= 0.6 is 0 Å². The molecule has 3 heteroatoms. The average molecular weight is 277 g/mol. The van der Waals surface area contributed by atoms with Crippen LogP contribution in [0.4, 0.5) is 0 Å². The van der Waals surface area contributed by atoms with Gasteiger partial charge in [-0.3, -0.25) is 4.90 Å². The first-order valence-electron chi connectivity index (χ1n) is 7.71. The minimum Gasteiger partial charge on any atom is -0.491 e. The zero-order chi connectivity index (χ0) is 14.5. The Morgan fingerprint density at radius 1 is 1.30 bits per heavy atom. The van der Waals surface area contributed by atoms with E-state index in [0.29, 0.717) is 5.92 Å². The van der Waals surface area contributed by atoms with Crippen LogP contribution in [0.25, 0.3) is 0 Å². The zero-order valence-corrected chi connectivity index (χ0v) is 12.9. The summed E-state index contributed by atoms with van der Waals surface area (Å²) in [6.07, 6.45) is 2.30. The molecular formula is C17H27NO2. The van der Waals surface area contributed by atoms with Crippen molar-refractivity contribution < 1.29 is 9.84 Å². The molecule has 1 fully saturated rings. The number of hydrogen-bond donors (Lipinski definition) is 1. The Bertz CT molecular complexity index is 417. The molecule has 2 rings (SSSR count). The van der Waals surface area contributed by atoms with Gasteiger partial charge in [0, 0.05) is 18.7 Å². The van der Waals surface area contributed by atoms with Gasteiger partial charge in [-0.05, 0) is 52.1 Å². The van der Waals surface area contributed by atoms with Crippen LogP contribution in [0.5, 0.6) is 5.75 Å². The molecule has 20 heavy (non-hydrogen) atoms. The third-order valence-corrected chi connectivity index (χ3v) is 3.95. The number of rotatable bonds is 5. The second kappa shape index (κ2) is 7.09. The lowest BCUT2D eigenvalue weighted by atomic mass is 9.93. The zero-order valence-electron chi connectivity index (χ0n) is 12.9. The van der Waals surface area contributed by atoms with Crippen LogP contribution in [0, 0.1) is 5.92 Å². The first-order chi connectivity index (χ1) is 9.56. The van der Waals surface area contributed by atoms with E-state index in [-0.39, 0.29) is 12.2 Å². The molecule has 3 nitrogen and oxygen atoms in total. The third-order valence-electron chi connectivity index (χ3n) is 3.95. The summed E-state index contributed by atoms with van der Waals surface area (Å²) in [6.45, 7) is 9.02. The largest absolute Gasteiger partial charge is 0.491 e.